The van der Waals surface area contributed by atoms with Gasteiger partial charge in [-0.15, -0.1) is 0 Å². The summed E-state index contributed by atoms with van der Waals surface area (Å²) in [4.78, 5) is 34.1. The van der Waals surface area contributed by atoms with Crippen LogP contribution in [0.3, 0.4) is 0 Å². The second-order valence-electron chi connectivity index (χ2n) is 4.05. The second-order valence-corrected chi connectivity index (χ2v) is 4.05. The maximum Gasteiger partial charge on any atom is 0.326 e. The van der Waals surface area contributed by atoms with Crippen LogP contribution >= 0.6 is 0 Å². The molecule has 0 aromatic rings. The van der Waals surface area contributed by atoms with Gasteiger partial charge in [-0.05, 0) is 0 Å². The third kappa shape index (κ3) is 3.57. The molecule has 3 amide bonds. The van der Waals surface area contributed by atoms with Gasteiger partial charge in [0, 0.05) is 0 Å². The number of aliphatic carboxylic acids is 1. The van der Waals surface area contributed by atoms with E-state index in [0.717, 1.165) is 4.90 Å². The highest BCUT2D eigenvalue weighted by molar-refractivity contribution is 5.87. The summed E-state index contributed by atoms with van der Waals surface area (Å²) in [6, 6.07) is -2.20. The highest BCUT2D eigenvalue weighted by Gasteiger charge is 2.34. The van der Waals surface area contributed by atoms with Crippen molar-refractivity contribution in [1.82, 2.24) is 10.2 Å². The van der Waals surface area contributed by atoms with Crippen LogP contribution in [0.25, 0.3) is 0 Å². The minimum atomic E-state index is -1.43. The van der Waals surface area contributed by atoms with E-state index in [0.29, 0.717) is 0 Å². The largest absolute Gasteiger partial charge is 0.480 e. The molecular formula is C9H15N3O6. The number of aliphatic hydroxyl groups is 2. The molecule has 2 unspecified atom stereocenters. The van der Waals surface area contributed by atoms with Crippen LogP contribution in [0, 0.1) is 0 Å². The molecule has 6 N–H and O–H groups in total. The van der Waals surface area contributed by atoms with Gasteiger partial charge in [-0.3, -0.25) is 4.79 Å². The van der Waals surface area contributed by atoms with Crippen molar-refractivity contribution in [2.24, 2.45) is 5.73 Å². The lowest BCUT2D eigenvalue weighted by Crippen LogP contribution is -2.49. The van der Waals surface area contributed by atoms with Crippen LogP contribution < -0.4 is 11.1 Å². The van der Waals surface area contributed by atoms with E-state index in [9.17, 15) is 24.6 Å². The zero-order valence-electron chi connectivity index (χ0n) is 9.44. The smallest absolute Gasteiger partial charge is 0.326 e. The second kappa shape index (κ2) is 5.65. The Hall–Kier alpha value is -1.87. The number of primary amides is 1. The Kier molecular flexibility index (Phi) is 4.45. The van der Waals surface area contributed by atoms with Crippen molar-refractivity contribution >= 4 is 17.9 Å². The van der Waals surface area contributed by atoms with Gasteiger partial charge in [0.1, 0.15) is 6.04 Å². The maximum atomic E-state index is 11.6. The van der Waals surface area contributed by atoms with Gasteiger partial charge in [-0.1, -0.05) is 0 Å². The quantitative estimate of drug-likeness (QED) is 0.365. The van der Waals surface area contributed by atoms with Gasteiger partial charge in [-0.2, -0.15) is 0 Å². The van der Waals surface area contributed by atoms with Gasteiger partial charge >= 0.3 is 12.0 Å². The minimum Gasteiger partial charge on any atom is -0.480 e. The summed E-state index contributed by atoms with van der Waals surface area (Å²) in [6.45, 7) is -0.203. The first-order valence-corrected chi connectivity index (χ1v) is 5.24. The summed E-state index contributed by atoms with van der Waals surface area (Å²) in [5.41, 5.74) is 4.86. The van der Waals surface area contributed by atoms with Crippen molar-refractivity contribution in [3.8, 4) is 0 Å². The molecule has 1 aliphatic rings. The fourth-order valence-corrected chi connectivity index (χ4v) is 1.58. The first-order valence-electron chi connectivity index (χ1n) is 5.24. The van der Waals surface area contributed by atoms with Crippen molar-refractivity contribution in [2.75, 3.05) is 13.1 Å². The molecule has 1 aliphatic heterocycles. The van der Waals surface area contributed by atoms with Crippen molar-refractivity contribution in [3.63, 3.8) is 0 Å². The number of nitrogens with two attached hydrogens (primary N) is 1. The van der Waals surface area contributed by atoms with E-state index in [1.165, 1.54) is 0 Å². The van der Waals surface area contributed by atoms with E-state index in [1.807, 2.05) is 0 Å². The number of likely N-dealkylation sites (tertiary alicyclic amines) is 1. The number of nitrogens with one attached hydrogen (secondary N) is 1. The number of aliphatic hydroxyl groups excluding tert-OH is 2. The Morgan fingerprint density at radius 1 is 1.28 bits per heavy atom. The molecule has 9 heteroatoms. The SMILES string of the molecule is NC(=O)C[C@@H](NC(=O)N1CC(O)C(O)C1)C(=O)O. The van der Waals surface area contributed by atoms with E-state index in [4.69, 9.17) is 10.8 Å². The molecule has 18 heavy (non-hydrogen) atoms. The molecule has 0 bridgehead atoms. The summed E-state index contributed by atoms with van der Waals surface area (Å²) in [5, 5.41) is 29.4. The maximum absolute atomic E-state index is 11.6. The number of amides is 3. The highest BCUT2D eigenvalue weighted by Crippen LogP contribution is 2.10. The first-order chi connectivity index (χ1) is 8.31. The lowest BCUT2D eigenvalue weighted by atomic mass is 10.2. The minimum absolute atomic E-state index is 0.101. The predicted molar refractivity (Wildman–Crippen MR) is 57.4 cm³/mol. The van der Waals surface area contributed by atoms with E-state index in [-0.39, 0.29) is 13.1 Å². The number of hydrogen-bond acceptors (Lipinski definition) is 5. The molecule has 0 aliphatic carbocycles. The molecular weight excluding hydrogens is 246 g/mol. The molecule has 9 nitrogen and oxygen atoms in total. The van der Waals surface area contributed by atoms with Crippen molar-refractivity contribution in [3.05, 3.63) is 0 Å². The van der Waals surface area contributed by atoms with Crippen molar-refractivity contribution < 1.29 is 29.7 Å². The Bertz CT molecular complexity index is 350. The van der Waals surface area contributed by atoms with Crippen LogP contribution in [-0.4, -0.2) is 69.5 Å². The van der Waals surface area contributed by atoms with Gasteiger partial charge in [0.2, 0.25) is 5.91 Å². The van der Waals surface area contributed by atoms with Gasteiger partial charge in [0.05, 0.1) is 31.7 Å². The summed E-state index contributed by atoms with van der Waals surface area (Å²) in [5.74, 6) is -2.24. The molecule has 1 saturated heterocycles. The van der Waals surface area contributed by atoms with E-state index in [2.05, 4.69) is 5.32 Å². The topological polar surface area (TPSA) is 153 Å². The number of carbonyl (C=O) groups is 3. The van der Waals surface area contributed by atoms with Crippen LogP contribution in [-0.2, 0) is 9.59 Å². The lowest BCUT2D eigenvalue weighted by Gasteiger charge is -2.19. The zero-order chi connectivity index (χ0) is 13.9. The molecule has 0 spiro atoms. The molecule has 0 radical (unpaired) electrons. The number of carbonyl (C=O) groups excluding carboxylic acids is 2. The summed E-state index contributed by atoms with van der Waals surface area (Å²) < 4.78 is 0. The van der Waals surface area contributed by atoms with Gasteiger partial charge in [-0.25, -0.2) is 9.59 Å². The van der Waals surface area contributed by atoms with Gasteiger partial charge in [0.25, 0.3) is 0 Å². The molecule has 1 heterocycles. The predicted octanol–water partition coefficient (Wildman–Crippen LogP) is -2.94. The average Bonchev–Trinajstić information content (AvgIpc) is 2.57. The number of urea groups is 1. The van der Waals surface area contributed by atoms with Crippen LogP contribution in [0.5, 0.6) is 0 Å². The fraction of sp³-hybridized carbons (Fsp3) is 0.667. The monoisotopic (exact) mass is 261 g/mol. The third-order valence-electron chi connectivity index (χ3n) is 2.55. The normalized spacial score (nSPS) is 24.7. The van der Waals surface area contributed by atoms with Crippen molar-refractivity contribution in [2.45, 2.75) is 24.7 Å². The Labute approximate surface area is 102 Å². The van der Waals surface area contributed by atoms with E-state index < -0.39 is 42.6 Å². The molecule has 0 aromatic carbocycles. The molecule has 0 aromatic heterocycles. The number of carboxylic acid groups (broad SMARTS) is 1. The molecule has 0 saturated carbocycles. The standard InChI is InChI=1S/C9H15N3O6/c10-7(15)1-4(8(16)17)11-9(18)12-2-5(13)6(14)3-12/h4-6,13-14H,1-3H2,(H2,10,15)(H,11,18)(H,16,17)/t4-,5?,6?/m1/s1. The van der Waals surface area contributed by atoms with Crippen LogP contribution in [0.1, 0.15) is 6.42 Å². The Morgan fingerprint density at radius 3 is 2.17 bits per heavy atom. The van der Waals surface area contributed by atoms with Crippen LogP contribution in [0.2, 0.25) is 0 Å². The third-order valence-corrected chi connectivity index (χ3v) is 2.55. The van der Waals surface area contributed by atoms with Crippen LogP contribution in [0.15, 0.2) is 0 Å². The Balaban J connectivity index is 2.57. The van der Waals surface area contributed by atoms with E-state index >= 15 is 0 Å². The molecule has 1 fully saturated rings. The molecule has 3 atom stereocenters. The summed E-state index contributed by atoms with van der Waals surface area (Å²) in [6.07, 6.45) is -2.65. The summed E-state index contributed by atoms with van der Waals surface area (Å²) >= 11 is 0. The number of β-amino-alcohol motifs (C(OH)–C–C–N with tert-alkyl or cyclic N) is 2. The number of rotatable bonds is 4. The van der Waals surface area contributed by atoms with E-state index in [1.54, 1.807) is 0 Å². The van der Waals surface area contributed by atoms with Crippen LogP contribution in [0.4, 0.5) is 4.79 Å². The fourth-order valence-electron chi connectivity index (χ4n) is 1.58. The summed E-state index contributed by atoms with van der Waals surface area (Å²) in [7, 11) is 0. The average molecular weight is 261 g/mol. The first kappa shape index (κ1) is 14.2. The Morgan fingerprint density at radius 2 is 1.78 bits per heavy atom. The molecule has 1 rings (SSSR count). The lowest BCUT2D eigenvalue weighted by molar-refractivity contribution is -0.140. The van der Waals surface area contributed by atoms with Gasteiger partial charge in [0.15, 0.2) is 0 Å². The highest BCUT2D eigenvalue weighted by atomic mass is 16.4. The van der Waals surface area contributed by atoms with Crippen molar-refractivity contribution in [1.29, 1.82) is 0 Å². The zero-order valence-corrected chi connectivity index (χ0v) is 9.44. The van der Waals surface area contributed by atoms with Gasteiger partial charge < -0.3 is 31.3 Å². The number of hydrogen-bond donors (Lipinski definition) is 5. The number of carboxylic acids is 1. The molecule has 102 valence electrons. The number of nitrogens with zero attached hydrogens (tertiary/aromatic N) is 1.